The molecule has 9 atom stereocenters. The van der Waals surface area contributed by atoms with Gasteiger partial charge in [0, 0.05) is 25.0 Å². The van der Waals surface area contributed by atoms with Gasteiger partial charge in [-0.05, 0) is 85.2 Å². The molecule has 2 aromatic rings. The van der Waals surface area contributed by atoms with Gasteiger partial charge in [-0.2, -0.15) is 0 Å². The fourth-order valence-corrected chi connectivity index (χ4v) is 10.9. The van der Waals surface area contributed by atoms with Gasteiger partial charge in [-0.25, -0.2) is 0 Å². The summed E-state index contributed by atoms with van der Waals surface area (Å²) in [6, 6.07) is 21.1. The quantitative estimate of drug-likeness (QED) is 0.287. The first-order valence-electron chi connectivity index (χ1n) is 15.8. The summed E-state index contributed by atoms with van der Waals surface area (Å²) >= 11 is 0. The topological polar surface area (TPSA) is 55.7 Å². The van der Waals surface area contributed by atoms with Crippen molar-refractivity contribution < 1.29 is 14.3 Å². The molecule has 4 aliphatic carbocycles. The number of hydrogen-bond donors (Lipinski definition) is 0. The molecule has 3 saturated carbocycles. The highest BCUT2D eigenvalue weighted by molar-refractivity contribution is 6.08. The molecule has 3 fully saturated rings. The van der Waals surface area contributed by atoms with Gasteiger partial charge in [0.05, 0.1) is 11.5 Å². The minimum Gasteiger partial charge on any atom is -0.462 e. The van der Waals surface area contributed by atoms with Gasteiger partial charge in [-0.3, -0.25) is 14.6 Å². The summed E-state index contributed by atoms with van der Waals surface area (Å²) in [5.74, 6) is 1.90. The number of allylic oxidation sites excluding steroid dienone is 1. The first-order chi connectivity index (χ1) is 19.7. The average molecular weight is 550 g/mol. The maximum Gasteiger partial charge on any atom is 0.302 e. The molecule has 1 aliphatic heterocycles. The van der Waals surface area contributed by atoms with Crippen molar-refractivity contribution in [3.63, 3.8) is 0 Å². The number of benzene rings is 2. The Balaban J connectivity index is 1.32. The molecule has 2 aromatic carbocycles. The highest BCUT2D eigenvalue weighted by atomic mass is 16.5. The van der Waals surface area contributed by atoms with E-state index in [1.54, 1.807) is 0 Å². The smallest absolute Gasteiger partial charge is 0.302 e. The van der Waals surface area contributed by atoms with E-state index in [0.717, 1.165) is 50.7 Å². The normalized spacial score (nSPS) is 40.8. The summed E-state index contributed by atoms with van der Waals surface area (Å²) in [7, 11) is 0. The molecule has 0 saturated heterocycles. The third kappa shape index (κ3) is 3.68. The lowest BCUT2D eigenvalue weighted by atomic mass is 9.44. The molecule has 0 spiro atoms. The molecule has 5 aliphatic rings. The number of hydrogen-bond acceptors (Lipinski definition) is 4. The highest BCUT2D eigenvalue weighted by Gasteiger charge is 2.74. The van der Waals surface area contributed by atoms with E-state index in [-0.39, 0.29) is 34.9 Å². The number of ether oxygens (including phenoxy) is 1. The lowest BCUT2D eigenvalue weighted by Gasteiger charge is -2.60. The van der Waals surface area contributed by atoms with Crippen LogP contribution in [0.1, 0.15) is 89.8 Å². The van der Waals surface area contributed by atoms with Crippen LogP contribution in [0.3, 0.4) is 0 Å². The van der Waals surface area contributed by atoms with Crippen molar-refractivity contribution in [3.05, 3.63) is 83.4 Å². The van der Waals surface area contributed by atoms with E-state index in [4.69, 9.17) is 9.73 Å². The number of ketones is 1. The van der Waals surface area contributed by atoms with Crippen molar-refractivity contribution >= 4 is 17.5 Å². The molecule has 0 N–H and O–H groups in total. The van der Waals surface area contributed by atoms with E-state index < -0.39 is 5.41 Å². The van der Waals surface area contributed by atoms with Crippen molar-refractivity contribution in [1.29, 1.82) is 0 Å². The molecule has 0 amide bonds. The van der Waals surface area contributed by atoms with Gasteiger partial charge >= 0.3 is 5.97 Å². The summed E-state index contributed by atoms with van der Waals surface area (Å²) < 4.78 is 5.67. The number of carbonyl (C=O) groups excluding carboxylic acids is 2. The minimum atomic E-state index is -0.535. The monoisotopic (exact) mass is 549 g/mol. The van der Waals surface area contributed by atoms with Crippen LogP contribution in [0, 0.1) is 39.9 Å². The molecule has 4 heteroatoms. The van der Waals surface area contributed by atoms with Gasteiger partial charge in [0.2, 0.25) is 0 Å². The van der Waals surface area contributed by atoms with Gasteiger partial charge in [0.25, 0.3) is 0 Å². The lowest BCUT2D eigenvalue weighted by Crippen LogP contribution is -2.56. The zero-order valence-electron chi connectivity index (χ0n) is 24.9. The number of rotatable bonds is 4. The Morgan fingerprint density at radius 3 is 2.29 bits per heavy atom. The Bertz CT molecular complexity index is 1430. The predicted octanol–water partition coefficient (Wildman–Crippen LogP) is 7.93. The molecular weight excluding hydrogens is 506 g/mol. The van der Waals surface area contributed by atoms with E-state index in [9.17, 15) is 9.59 Å². The number of esters is 1. The van der Waals surface area contributed by atoms with Gasteiger partial charge in [0.1, 0.15) is 11.9 Å². The van der Waals surface area contributed by atoms with Crippen LogP contribution in [0.5, 0.6) is 0 Å². The first-order valence-corrected chi connectivity index (χ1v) is 15.8. The summed E-state index contributed by atoms with van der Waals surface area (Å²) in [4.78, 5) is 31.5. The molecule has 214 valence electrons. The van der Waals surface area contributed by atoms with Crippen LogP contribution in [-0.4, -0.2) is 23.6 Å². The second kappa shape index (κ2) is 9.51. The summed E-state index contributed by atoms with van der Waals surface area (Å²) in [6.07, 6.45) is 9.73. The van der Waals surface area contributed by atoms with Crippen LogP contribution < -0.4 is 0 Å². The number of aliphatic imine (C=N–C) groups is 1. The fourth-order valence-electron chi connectivity index (χ4n) is 10.9. The lowest BCUT2D eigenvalue weighted by molar-refractivity contribution is -0.150. The molecule has 1 heterocycles. The first kappa shape index (κ1) is 26.9. The molecule has 0 aromatic heterocycles. The minimum absolute atomic E-state index is 0.0142. The van der Waals surface area contributed by atoms with Crippen LogP contribution >= 0.6 is 0 Å². The van der Waals surface area contributed by atoms with Crippen molar-refractivity contribution in [2.24, 2.45) is 44.9 Å². The van der Waals surface area contributed by atoms with Gasteiger partial charge in [0.15, 0.2) is 0 Å². The van der Waals surface area contributed by atoms with Crippen molar-refractivity contribution in [3.8, 4) is 0 Å². The van der Waals surface area contributed by atoms with Crippen LogP contribution in [0.2, 0.25) is 0 Å². The Kier molecular flexibility index (Phi) is 6.23. The van der Waals surface area contributed by atoms with E-state index >= 15 is 0 Å². The Morgan fingerprint density at radius 2 is 1.61 bits per heavy atom. The molecular formula is C37H43NO3. The number of nitrogens with zero attached hydrogens (tertiary/aromatic N) is 1. The molecule has 0 bridgehead atoms. The maximum atomic E-state index is 14.3. The Hall–Kier alpha value is -3.01. The highest BCUT2D eigenvalue weighted by Crippen LogP contribution is 2.76. The van der Waals surface area contributed by atoms with Gasteiger partial charge in [-0.1, -0.05) is 86.2 Å². The number of carbonyl (C=O) groups is 2. The molecule has 4 nitrogen and oxygen atoms in total. The van der Waals surface area contributed by atoms with E-state index in [1.807, 2.05) is 6.92 Å². The van der Waals surface area contributed by atoms with Crippen molar-refractivity contribution in [2.45, 2.75) is 84.8 Å². The molecule has 0 radical (unpaired) electrons. The standard InChI is InChI=1S/C37H43NO3/c1-23(39)37-32(33(25-11-7-5-8-12-25)38-34(37)26-13-9-6-10-14-26)22-31-29-16-15-27-21-28(41-24(2)40)17-19-35(27,3)30(29)18-20-36(31,37)4/h5-15,28-32,34H,16-22H2,1-4H3/t28-,29+,30-,31-,32+,34+,35-,36-,37-/m0/s1. The van der Waals surface area contributed by atoms with Crippen LogP contribution in [0.25, 0.3) is 0 Å². The predicted molar refractivity (Wildman–Crippen MR) is 161 cm³/mol. The van der Waals surface area contributed by atoms with E-state index in [1.165, 1.54) is 23.6 Å². The van der Waals surface area contributed by atoms with E-state index in [0.29, 0.717) is 23.5 Å². The molecule has 41 heavy (non-hydrogen) atoms. The Morgan fingerprint density at radius 1 is 0.902 bits per heavy atom. The fraction of sp³-hybridized carbons (Fsp3) is 0.541. The zero-order chi connectivity index (χ0) is 28.6. The molecule has 7 rings (SSSR count). The molecule has 0 unspecified atom stereocenters. The zero-order valence-corrected chi connectivity index (χ0v) is 24.9. The van der Waals surface area contributed by atoms with Crippen LogP contribution in [0.15, 0.2) is 77.3 Å². The second-order valence-electron chi connectivity index (χ2n) is 14.1. The third-order valence-corrected chi connectivity index (χ3v) is 12.6. The van der Waals surface area contributed by atoms with Crippen LogP contribution in [0.4, 0.5) is 0 Å². The number of Topliss-reactive ketones (excluding diaryl/α,β-unsaturated/α-hetero) is 1. The van der Waals surface area contributed by atoms with Crippen molar-refractivity contribution in [2.75, 3.05) is 0 Å². The maximum absolute atomic E-state index is 14.3. The second-order valence-corrected chi connectivity index (χ2v) is 14.1. The average Bonchev–Trinajstić information content (AvgIpc) is 3.45. The number of fused-ring (bicyclic) bond motifs is 7. The summed E-state index contributed by atoms with van der Waals surface area (Å²) in [6.45, 7) is 8.34. The summed E-state index contributed by atoms with van der Waals surface area (Å²) in [5.41, 5.74) is 4.48. The largest absolute Gasteiger partial charge is 0.462 e. The van der Waals surface area contributed by atoms with E-state index in [2.05, 4.69) is 80.6 Å². The van der Waals surface area contributed by atoms with Gasteiger partial charge in [-0.15, -0.1) is 0 Å². The summed E-state index contributed by atoms with van der Waals surface area (Å²) in [5, 5.41) is 0. The Labute approximate surface area is 244 Å². The van der Waals surface area contributed by atoms with Crippen molar-refractivity contribution in [1.82, 2.24) is 0 Å². The third-order valence-electron chi connectivity index (χ3n) is 12.6. The van der Waals surface area contributed by atoms with Gasteiger partial charge < -0.3 is 4.74 Å². The SMILES string of the molecule is CC(=O)O[C@H]1CC[C@@]2(C)C(=CC[C@@H]3[C@@H]2CC[C@@]2(C)[C@H]3C[C@@H]3C(c4ccccc4)=N[C@H](c4ccccc4)[C@]32C(C)=O)C1. The van der Waals surface area contributed by atoms with Crippen LogP contribution in [-0.2, 0) is 14.3 Å².